The molecule has 1 heterocycles. The van der Waals surface area contributed by atoms with Gasteiger partial charge >= 0.3 is 0 Å². The lowest BCUT2D eigenvalue weighted by Gasteiger charge is -2.35. The predicted molar refractivity (Wildman–Crippen MR) is 81.2 cm³/mol. The molecule has 0 spiro atoms. The summed E-state index contributed by atoms with van der Waals surface area (Å²) in [7, 11) is 2.10. The Morgan fingerprint density at radius 2 is 2.05 bits per heavy atom. The highest BCUT2D eigenvalue weighted by Crippen LogP contribution is 2.30. The maximum absolute atomic E-state index is 5.63. The molecule has 0 aromatic carbocycles. The van der Waals surface area contributed by atoms with E-state index >= 15 is 0 Å². The maximum atomic E-state index is 5.63. The highest BCUT2D eigenvalue weighted by atomic mass is 79.9. The van der Waals surface area contributed by atoms with Gasteiger partial charge in [0.25, 0.3) is 0 Å². The van der Waals surface area contributed by atoms with E-state index in [9.17, 15) is 0 Å². The fraction of sp³-hybridized carbons (Fsp3) is 0.714. The smallest absolute Gasteiger partial charge is 0.218 e. The van der Waals surface area contributed by atoms with E-state index in [1.165, 1.54) is 25.7 Å². The van der Waals surface area contributed by atoms with Gasteiger partial charge in [-0.3, -0.25) is 0 Å². The van der Waals surface area contributed by atoms with Crippen LogP contribution in [0.25, 0.3) is 0 Å². The minimum Gasteiger partial charge on any atom is -0.475 e. The lowest BCUT2D eigenvalue weighted by molar-refractivity contribution is 0.232. The molecule has 2 rings (SSSR count). The Kier molecular flexibility index (Phi) is 5.02. The molecule has 0 saturated heterocycles. The van der Waals surface area contributed by atoms with Gasteiger partial charge in [0.1, 0.15) is 12.1 Å². The normalized spacial score (nSPS) is 23.4. The fourth-order valence-corrected chi connectivity index (χ4v) is 3.44. The summed E-state index contributed by atoms with van der Waals surface area (Å²) < 4.78 is 5.63. The highest BCUT2D eigenvalue weighted by molar-refractivity contribution is 9.09. The van der Waals surface area contributed by atoms with E-state index in [-0.39, 0.29) is 6.10 Å². The second-order valence-electron chi connectivity index (χ2n) is 5.36. The standard InChI is InChI=1S/C14H22BrN3O/c1-10(2)19-14-8-13(16-9-17-14)18(3)12-7-5-4-6-11(12)15/h8-12H,4-7H2,1-3H3. The lowest BCUT2D eigenvalue weighted by Crippen LogP contribution is -2.41. The molecule has 2 unspecified atom stereocenters. The van der Waals surface area contributed by atoms with Crippen molar-refractivity contribution in [2.45, 2.75) is 56.5 Å². The Bertz CT molecular complexity index is 413. The van der Waals surface area contributed by atoms with Gasteiger partial charge in [-0.05, 0) is 26.7 Å². The van der Waals surface area contributed by atoms with Gasteiger partial charge < -0.3 is 9.64 Å². The summed E-state index contributed by atoms with van der Waals surface area (Å²) in [5.74, 6) is 1.58. The van der Waals surface area contributed by atoms with E-state index in [1.807, 2.05) is 19.9 Å². The van der Waals surface area contributed by atoms with Crippen LogP contribution in [0, 0.1) is 0 Å². The van der Waals surface area contributed by atoms with Crippen LogP contribution in [-0.2, 0) is 0 Å². The molecule has 0 N–H and O–H groups in total. The number of rotatable bonds is 4. The van der Waals surface area contributed by atoms with E-state index < -0.39 is 0 Å². The van der Waals surface area contributed by atoms with Crippen LogP contribution in [0.1, 0.15) is 39.5 Å². The zero-order chi connectivity index (χ0) is 13.8. The van der Waals surface area contributed by atoms with Crippen molar-refractivity contribution in [1.29, 1.82) is 0 Å². The van der Waals surface area contributed by atoms with E-state index in [4.69, 9.17) is 4.74 Å². The second kappa shape index (κ2) is 6.55. The SMILES string of the molecule is CC(C)Oc1cc(N(C)C2CCCCC2Br)ncn1. The van der Waals surface area contributed by atoms with Crippen molar-refractivity contribution >= 4 is 21.7 Å². The molecule has 1 aliphatic carbocycles. The van der Waals surface area contributed by atoms with Crippen molar-refractivity contribution in [1.82, 2.24) is 9.97 Å². The molecule has 19 heavy (non-hydrogen) atoms. The number of ether oxygens (including phenoxy) is 1. The maximum Gasteiger partial charge on any atom is 0.218 e. The van der Waals surface area contributed by atoms with Crippen LogP contribution in [0.4, 0.5) is 5.82 Å². The summed E-state index contributed by atoms with van der Waals surface area (Å²) in [6.07, 6.45) is 6.75. The predicted octanol–water partition coefficient (Wildman–Crippen LogP) is 3.41. The van der Waals surface area contributed by atoms with Crippen LogP contribution in [0.2, 0.25) is 0 Å². The molecule has 0 aliphatic heterocycles. The molecule has 1 aromatic heterocycles. The molecular weight excluding hydrogens is 306 g/mol. The van der Waals surface area contributed by atoms with Gasteiger partial charge in [-0.1, -0.05) is 28.8 Å². The summed E-state index contributed by atoms with van der Waals surface area (Å²) in [5, 5.41) is 0. The Morgan fingerprint density at radius 3 is 2.74 bits per heavy atom. The first-order chi connectivity index (χ1) is 9.08. The molecule has 4 nitrogen and oxygen atoms in total. The van der Waals surface area contributed by atoms with Crippen molar-refractivity contribution < 1.29 is 4.74 Å². The zero-order valence-electron chi connectivity index (χ0n) is 11.8. The quantitative estimate of drug-likeness (QED) is 0.794. The van der Waals surface area contributed by atoms with E-state index in [1.54, 1.807) is 6.33 Å². The number of nitrogens with zero attached hydrogens (tertiary/aromatic N) is 3. The van der Waals surface area contributed by atoms with E-state index in [0.717, 1.165) is 5.82 Å². The number of hydrogen-bond donors (Lipinski definition) is 0. The Labute approximate surface area is 123 Å². The summed E-state index contributed by atoms with van der Waals surface area (Å²) >= 11 is 3.80. The average Bonchev–Trinajstić information content (AvgIpc) is 2.38. The van der Waals surface area contributed by atoms with Gasteiger partial charge in [-0.25, -0.2) is 9.97 Å². The van der Waals surface area contributed by atoms with Crippen molar-refractivity contribution in [3.8, 4) is 5.88 Å². The summed E-state index contributed by atoms with van der Waals surface area (Å²) in [6.45, 7) is 4.00. The summed E-state index contributed by atoms with van der Waals surface area (Å²) in [5.41, 5.74) is 0. The van der Waals surface area contributed by atoms with Crippen molar-refractivity contribution in [2.75, 3.05) is 11.9 Å². The van der Waals surface area contributed by atoms with Crippen LogP contribution in [0.3, 0.4) is 0 Å². The number of halogens is 1. The molecular formula is C14H22BrN3O. The van der Waals surface area contributed by atoms with Gasteiger partial charge in [-0.15, -0.1) is 0 Å². The van der Waals surface area contributed by atoms with Crippen molar-refractivity contribution in [3.05, 3.63) is 12.4 Å². The monoisotopic (exact) mass is 327 g/mol. The summed E-state index contributed by atoms with van der Waals surface area (Å²) in [4.78, 5) is 11.3. The van der Waals surface area contributed by atoms with E-state index in [2.05, 4.69) is 37.8 Å². The molecule has 0 amide bonds. The average molecular weight is 328 g/mol. The van der Waals surface area contributed by atoms with Gasteiger partial charge in [-0.2, -0.15) is 0 Å². The molecule has 5 heteroatoms. The summed E-state index contributed by atoms with van der Waals surface area (Å²) in [6, 6.07) is 2.42. The third-order valence-corrected chi connectivity index (χ3v) is 4.56. The van der Waals surface area contributed by atoms with Crippen molar-refractivity contribution in [2.24, 2.45) is 0 Å². The minimum atomic E-state index is 0.131. The van der Waals surface area contributed by atoms with Crippen LogP contribution < -0.4 is 9.64 Å². The molecule has 1 aliphatic rings. The van der Waals surface area contributed by atoms with Gasteiger partial charge in [0.15, 0.2) is 0 Å². The first-order valence-corrected chi connectivity index (χ1v) is 7.85. The van der Waals surface area contributed by atoms with Crippen LogP contribution in [-0.4, -0.2) is 34.0 Å². The first-order valence-electron chi connectivity index (χ1n) is 6.93. The molecule has 106 valence electrons. The minimum absolute atomic E-state index is 0.131. The number of alkyl halides is 1. The lowest BCUT2D eigenvalue weighted by atomic mass is 9.94. The zero-order valence-corrected chi connectivity index (χ0v) is 13.4. The van der Waals surface area contributed by atoms with Crippen LogP contribution >= 0.6 is 15.9 Å². The Hall–Kier alpha value is -0.840. The molecule has 1 aromatic rings. The van der Waals surface area contributed by atoms with Gasteiger partial charge in [0.05, 0.1) is 6.10 Å². The highest BCUT2D eigenvalue weighted by Gasteiger charge is 2.27. The van der Waals surface area contributed by atoms with Crippen LogP contribution in [0.5, 0.6) is 5.88 Å². The molecule has 0 radical (unpaired) electrons. The van der Waals surface area contributed by atoms with Gasteiger partial charge in [0, 0.05) is 24.0 Å². The molecule has 1 fully saturated rings. The Morgan fingerprint density at radius 1 is 1.32 bits per heavy atom. The topological polar surface area (TPSA) is 38.2 Å². The molecule has 0 bridgehead atoms. The largest absolute Gasteiger partial charge is 0.475 e. The third kappa shape index (κ3) is 3.81. The van der Waals surface area contributed by atoms with Crippen molar-refractivity contribution in [3.63, 3.8) is 0 Å². The first kappa shape index (κ1) is 14.6. The van der Waals surface area contributed by atoms with E-state index in [0.29, 0.717) is 16.7 Å². The molecule has 1 saturated carbocycles. The second-order valence-corrected chi connectivity index (χ2v) is 6.54. The van der Waals surface area contributed by atoms with Gasteiger partial charge in [0.2, 0.25) is 5.88 Å². The number of anilines is 1. The molecule has 2 atom stereocenters. The fourth-order valence-electron chi connectivity index (χ4n) is 2.50. The Balaban J connectivity index is 2.11. The number of hydrogen-bond acceptors (Lipinski definition) is 4. The third-order valence-electron chi connectivity index (χ3n) is 3.49. The van der Waals surface area contributed by atoms with Crippen LogP contribution in [0.15, 0.2) is 12.4 Å². The number of aromatic nitrogens is 2.